The molecule has 3 heterocycles. The van der Waals surface area contributed by atoms with Gasteiger partial charge >= 0.3 is 0 Å². The van der Waals surface area contributed by atoms with E-state index in [0.717, 1.165) is 27.5 Å². The predicted octanol–water partition coefficient (Wildman–Crippen LogP) is 1.76. The Morgan fingerprint density at radius 2 is 2.18 bits per heavy atom. The molecular weight excluding hydrogens is 350 g/mol. The Labute approximate surface area is 135 Å². The number of fused-ring (bicyclic) bond motifs is 3. The van der Waals surface area contributed by atoms with Gasteiger partial charge in [0.15, 0.2) is 12.6 Å². The lowest BCUT2D eigenvalue weighted by atomic mass is 9.97. The van der Waals surface area contributed by atoms with Crippen molar-refractivity contribution in [3.8, 4) is 0 Å². The molecule has 1 atom stereocenters. The van der Waals surface area contributed by atoms with E-state index in [1.807, 2.05) is 13.0 Å². The molecule has 1 aromatic carbocycles. The van der Waals surface area contributed by atoms with Crippen LogP contribution in [0.5, 0.6) is 0 Å². The summed E-state index contributed by atoms with van der Waals surface area (Å²) in [7, 11) is 0. The summed E-state index contributed by atoms with van der Waals surface area (Å²) in [6.07, 6.45) is 0.420. The lowest BCUT2D eigenvalue weighted by Crippen LogP contribution is -2.54. The second kappa shape index (κ2) is 5.06. The van der Waals surface area contributed by atoms with Gasteiger partial charge in [0.05, 0.1) is 17.1 Å². The lowest BCUT2D eigenvalue weighted by Gasteiger charge is -2.40. The summed E-state index contributed by atoms with van der Waals surface area (Å²) in [5.41, 5.74) is 9.04. The molecule has 0 aliphatic carbocycles. The number of ether oxygens (including phenoxy) is 2. The Morgan fingerprint density at radius 1 is 1.41 bits per heavy atom. The minimum atomic E-state index is -0.430. The smallest absolute Gasteiger partial charge is 0.250 e. The van der Waals surface area contributed by atoms with Gasteiger partial charge in [0, 0.05) is 22.1 Å². The first-order chi connectivity index (χ1) is 10.5. The summed E-state index contributed by atoms with van der Waals surface area (Å²) in [6.45, 7) is 2.56. The van der Waals surface area contributed by atoms with Gasteiger partial charge in [0.2, 0.25) is 0 Å². The van der Waals surface area contributed by atoms with E-state index >= 15 is 0 Å². The first-order valence-corrected chi connectivity index (χ1v) is 8.00. The summed E-state index contributed by atoms with van der Waals surface area (Å²) < 4.78 is 12.1. The topological polar surface area (TPSA) is 89.4 Å². The highest BCUT2D eigenvalue weighted by atomic mass is 79.9. The molecule has 0 bridgehead atoms. The fourth-order valence-electron chi connectivity index (χ4n) is 3.26. The van der Waals surface area contributed by atoms with Gasteiger partial charge < -0.3 is 25.5 Å². The minimum Gasteiger partial charge on any atom is -0.366 e. The van der Waals surface area contributed by atoms with Gasteiger partial charge in [-0.15, -0.1) is 0 Å². The Kier molecular flexibility index (Phi) is 3.26. The Bertz CT molecular complexity index is 767. The molecule has 2 aromatic rings. The van der Waals surface area contributed by atoms with Gasteiger partial charge in [0.1, 0.15) is 0 Å². The molecular formula is C15H16BrN3O3. The monoisotopic (exact) mass is 365 g/mol. The number of H-pyrrole nitrogens is 1. The van der Waals surface area contributed by atoms with Crippen molar-refractivity contribution in [3.05, 3.63) is 33.4 Å². The van der Waals surface area contributed by atoms with Crippen LogP contribution in [0.4, 0.5) is 0 Å². The Hall–Kier alpha value is -1.41. The van der Waals surface area contributed by atoms with Crippen LogP contribution < -0.4 is 11.1 Å². The summed E-state index contributed by atoms with van der Waals surface area (Å²) >= 11 is 3.58. The van der Waals surface area contributed by atoms with E-state index in [1.54, 1.807) is 6.07 Å². The fourth-order valence-corrected chi connectivity index (χ4v) is 3.83. The molecule has 2 aliphatic rings. The molecule has 1 aromatic heterocycles. The lowest BCUT2D eigenvalue weighted by molar-refractivity contribution is -0.384. The molecule has 116 valence electrons. The predicted molar refractivity (Wildman–Crippen MR) is 84.3 cm³/mol. The van der Waals surface area contributed by atoms with Crippen LogP contribution in [0, 0.1) is 0 Å². The highest BCUT2D eigenvalue weighted by molar-refractivity contribution is 9.10. The quantitative estimate of drug-likeness (QED) is 0.756. The number of carbonyl (C=O) groups is 1. The van der Waals surface area contributed by atoms with Crippen LogP contribution in [0.3, 0.4) is 0 Å². The van der Waals surface area contributed by atoms with E-state index in [2.05, 4.69) is 26.2 Å². The number of nitrogens with two attached hydrogens (primary N) is 1. The summed E-state index contributed by atoms with van der Waals surface area (Å²) in [4.78, 5) is 15.0. The van der Waals surface area contributed by atoms with Crippen LogP contribution in [0.2, 0.25) is 0 Å². The molecule has 1 fully saturated rings. The average Bonchev–Trinajstić information content (AvgIpc) is 2.83. The number of nitrogens with one attached hydrogen (secondary N) is 2. The molecule has 0 spiro atoms. The Morgan fingerprint density at radius 3 is 2.86 bits per heavy atom. The average molecular weight is 366 g/mol. The molecule has 7 heteroatoms. The van der Waals surface area contributed by atoms with Gasteiger partial charge in [-0.1, -0.05) is 15.9 Å². The number of amides is 1. The fraction of sp³-hybridized carbons (Fsp3) is 0.400. The molecule has 2 aliphatic heterocycles. The number of primary amides is 1. The van der Waals surface area contributed by atoms with Crippen molar-refractivity contribution in [1.29, 1.82) is 0 Å². The maximum atomic E-state index is 11.6. The third-order valence-electron chi connectivity index (χ3n) is 4.31. The number of hydrogen-bond acceptors (Lipinski definition) is 4. The first-order valence-electron chi connectivity index (χ1n) is 7.20. The number of carbonyl (C=O) groups excluding carboxylic acids is 1. The van der Waals surface area contributed by atoms with Crippen LogP contribution in [0.1, 0.15) is 28.5 Å². The van der Waals surface area contributed by atoms with Crippen molar-refractivity contribution in [3.63, 3.8) is 0 Å². The highest BCUT2D eigenvalue weighted by Gasteiger charge is 2.37. The highest BCUT2D eigenvalue weighted by Crippen LogP contribution is 2.35. The minimum absolute atomic E-state index is 0.104. The summed E-state index contributed by atoms with van der Waals surface area (Å²) in [5, 5.41) is 4.43. The van der Waals surface area contributed by atoms with E-state index < -0.39 is 5.91 Å². The second-order valence-electron chi connectivity index (χ2n) is 5.69. The van der Waals surface area contributed by atoms with E-state index in [1.165, 1.54) is 5.56 Å². The first kappa shape index (κ1) is 14.2. The number of rotatable bonds is 2. The number of aromatic nitrogens is 1. The SMILES string of the molecule is CC1OC(C2Cc3c([nH]c4c(C(N)=O)ccc(Br)c34)CN2)O1. The molecule has 4 rings (SSSR count). The summed E-state index contributed by atoms with van der Waals surface area (Å²) in [6, 6.07) is 3.71. The Balaban J connectivity index is 1.78. The third-order valence-corrected chi connectivity index (χ3v) is 4.97. The molecule has 1 saturated heterocycles. The maximum Gasteiger partial charge on any atom is 0.250 e. The number of hydrogen-bond donors (Lipinski definition) is 3. The van der Waals surface area contributed by atoms with E-state index in [4.69, 9.17) is 15.2 Å². The van der Waals surface area contributed by atoms with E-state index in [9.17, 15) is 4.79 Å². The van der Waals surface area contributed by atoms with Crippen LogP contribution in [-0.2, 0) is 22.4 Å². The molecule has 0 radical (unpaired) electrons. The van der Waals surface area contributed by atoms with Crippen LogP contribution in [0.25, 0.3) is 10.9 Å². The zero-order valence-electron chi connectivity index (χ0n) is 12.0. The molecule has 6 nitrogen and oxygen atoms in total. The summed E-state index contributed by atoms with van der Waals surface area (Å²) in [5.74, 6) is -0.430. The largest absolute Gasteiger partial charge is 0.366 e. The van der Waals surface area contributed by atoms with Gasteiger partial charge in [-0.05, 0) is 31.0 Å². The molecule has 4 N–H and O–H groups in total. The number of aromatic amines is 1. The van der Waals surface area contributed by atoms with E-state index in [-0.39, 0.29) is 18.6 Å². The number of halogens is 1. The van der Waals surface area contributed by atoms with Crippen molar-refractivity contribution in [1.82, 2.24) is 10.3 Å². The standard InChI is InChI=1S/C15H16BrN3O3/c1-6-21-15(22-6)10-4-8-11(5-18-10)19-13-7(14(17)20)2-3-9(16)12(8)13/h2-3,6,10,15,18-19H,4-5H2,1H3,(H2,17,20). The van der Waals surface area contributed by atoms with Crippen LogP contribution in [-0.4, -0.2) is 29.5 Å². The second-order valence-corrected chi connectivity index (χ2v) is 6.55. The zero-order valence-corrected chi connectivity index (χ0v) is 13.6. The van der Waals surface area contributed by atoms with Crippen LogP contribution >= 0.6 is 15.9 Å². The van der Waals surface area contributed by atoms with Gasteiger partial charge in [0.25, 0.3) is 5.91 Å². The van der Waals surface area contributed by atoms with Gasteiger partial charge in [-0.25, -0.2) is 0 Å². The molecule has 0 saturated carbocycles. The van der Waals surface area contributed by atoms with Gasteiger partial charge in [-0.2, -0.15) is 0 Å². The van der Waals surface area contributed by atoms with Crippen molar-refractivity contribution in [2.45, 2.75) is 38.5 Å². The maximum absolute atomic E-state index is 11.6. The van der Waals surface area contributed by atoms with Crippen molar-refractivity contribution >= 4 is 32.7 Å². The third kappa shape index (κ3) is 2.08. The van der Waals surface area contributed by atoms with E-state index in [0.29, 0.717) is 12.1 Å². The molecule has 22 heavy (non-hydrogen) atoms. The van der Waals surface area contributed by atoms with Crippen molar-refractivity contribution < 1.29 is 14.3 Å². The van der Waals surface area contributed by atoms with Gasteiger partial charge in [-0.3, -0.25) is 4.79 Å². The molecule has 1 amide bonds. The van der Waals surface area contributed by atoms with Crippen LogP contribution in [0.15, 0.2) is 16.6 Å². The van der Waals surface area contributed by atoms with Crippen molar-refractivity contribution in [2.24, 2.45) is 5.73 Å². The zero-order chi connectivity index (χ0) is 15.4. The molecule has 1 unspecified atom stereocenters. The number of benzene rings is 1. The van der Waals surface area contributed by atoms with Crippen molar-refractivity contribution in [2.75, 3.05) is 0 Å². The normalized spacial score (nSPS) is 27.5.